The molecule has 23 heavy (non-hydrogen) atoms. The fourth-order valence-corrected chi connectivity index (χ4v) is 4.75. The highest BCUT2D eigenvalue weighted by Crippen LogP contribution is 2.34. The van der Waals surface area contributed by atoms with Crippen LogP contribution in [-0.4, -0.2) is 43.8 Å². The van der Waals surface area contributed by atoms with Gasteiger partial charge in [-0.3, -0.25) is 4.79 Å². The average molecular weight is 340 g/mol. The molecule has 0 aromatic heterocycles. The molecule has 1 fully saturated rings. The molecule has 2 aliphatic rings. The van der Waals surface area contributed by atoms with Crippen LogP contribution in [0.15, 0.2) is 18.2 Å². The lowest BCUT2D eigenvalue weighted by molar-refractivity contribution is -0.120. The Hall–Kier alpha value is -1.80. The van der Waals surface area contributed by atoms with Gasteiger partial charge in [0, 0.05) is 18.3 Å². The Kier molecular flexibility index (Phi) is 4.20. The third kappa shape index (κ3) is 3.13. The average Bonchev–Trinajstić information content (AvgIpc) is 3.05. The van der Waals surface area contributed by atoms with Crippen LogP contribution >= 0.6 is 0 Å². The largest absolute Gasteiger partial charge is 0.454 e. The van der Waals surface area contributed by atoms with Gasteiger partial charge < -0.3 is 14.8 Å². The van der Waals surface area contributed by atoms with Crippen LogP contribution in [0.25, 0.3) is 0 Å². The van der Waals surface area contributed by atoms with Gasteiger partial charge >= 0.3 is 0 Å². The Balaban J connectivity index is 1.79. The van der Waals surface area contributed by atoms with E-state index >= 15 is 0 Å². The zero-order valence-electron chi connectivity index (χ0n) is 13.1. The lowest BCUT2D eigenvalue weighted by atomic mass is 10.0. The molecular weight excluding hydrogens is 320 g/mol. The molecule has 7 nitrogen and oxygen atoms in total. The van der Waals surface area contributed by atoms with E-state index in [1.807, 2.05) is 13.8 Å². The minimum Gasteiger partial charge on any atom is -0.454 e. The standard InChI is InChI=1S/C15H20N2O5S/c1-10(2)14(17-6-3-7-23(17,19)20)15(18)16-11-4-5-12-13(8-11)22-9-21-12/h4-5,8,10,14H,3,6-7,9H2,1-2H3,(H,16,18)/t14-/m0/s1. The van der Waals surface area contributed by atoms with Gasteiger partial charge in [0.1, 0.15) is 6.04 Å². The first-order valence-electron chi connectivity index (χ1n) is 7.58. The van der Waals surface area contributed by atoms with E-state index < -0.39 is 16.1 Å². The Labute approximate surface area is 135 Å². The molecule has 0 saturated carbocycles. The maximum absolute atomic E-state index is 12.6. The first kappa shape index (κ1) is 16.1. The molecule has 2 aliphatic heterocycles. The molecule has 1 amide bonds. The van der Waals surface area contributed by atoms with Crippen LogP contribution in [0.1, 0.15) is 20.3 Å². The molecule has 126 valence electrons. The molecule has 1 atom stereocenters. The molecule has 1 N–H and O–H groups in total. The summed E-state index contributed by atoms with van der Waals surface area (Å²) < 4.78 is 36.1. The zero-order valence-corrected chi connectivity index (χ0v) is 13.9. The van der Waals surface area contributed by atoms with Crippen molar-refractivity contribution in [3.63, 3.8) is 0 Å². The lowest BCUT2D eigenvalue weighted by Crippen LogP contribution is -2.48. The molecule has 0 aliphatic carbocycles. The van der Waals surface area contributed by atoms with Gasteiger partial charge in [-0.2, -0.15) is 4.31 Å². The summed E-state index contributed by atoms with van der Waals surface area (Å²) in [7, 11) is -3.35. The van der Waals surface area contributed by atoms with E-state index in [9.17, 15) is 13.2 Å². The first-order chi connectivity index (χ1) is 10.9. The van der Waals surface area contributed by atoms with E-state index in [-0.39, 0.29) is 24.4 Å². The highest BCUT2D eigenvalue weighted by Gasteiger charge is 2.40. The molecule has 1 saturated heterocycles. The Bertz CT molecular complexity index is 717. The SMILES string of the molecule is CC(C)[C@@H](C(=O)Nc1ccc2c(c1)OCO2)N1CCCS1(=O)=O. The summed E-state index contributed by atoms with van der Waals surface area (Å²) in [4.78, 5) is 12.6. The number of anilines is 1. The number of nitrogens with zero attached hydrogens (tertiary/aromatic N) is 1. The molecule has 0 unspecified atom stereocenters. The fraction of sp³-hybridized carbons (Fsp3) is 0.533. The normalized spacial score (nSPS) is 20.7. The number of ether oxygens (including phenoxy) is 2. The third-order valence-corrected chi connectivity index (χ3v) is 5.92. The van der Waals surface area contributed by atoms with E-state index in [2.05, 4.69) is 5.32 Å². The van der Waals surface area contributed by atoms with Gasteiger partial charge in [0.2, 0.25) is 22.7 Å². The summed E-state index contributed by atoms with van der Waals surface area (Å²) in [5.74, 6) is 0.845. The third-order valence-electron chi connectivity index (χ3n) is 3.99. The zero-order chi connectivity index (χ0) is 16.6. The van der Waals surface area contributed by atoms with Crippen molar-refractivity contribution in [1.29, 1.82) is 0 Å². The molecule has 2 heterocycles. The monoisotopic (exact) mass is 340 g/mol. The van der Waals surface area contributed by atoms with Crippen LogP contribution in [-0.2, 0) is 14.8 Å². The summed E-state index contributed by atoms with van der Waals surface area (Å²) in [6, 6.07) is 4.39. The summed E-state index contributed by atoms with van der Waals surface area (Å²) in [6.45, 7) is 4.24. The predicted octanol–water partition coefficient (Wildman–Crippen LogP) is 1.41. The number of benzene rings is 1. The van der Waals surface area contributed by atoms with Crippen LogP contribution in [0.5, 0.6) is 11.5 Å². The number of sulfonamides is 1. The summed E-state index contributed by atoms with van der Waals surface area (Å²) in [5.41, 5.74) is 0.557. The fourth-order valence-electron chi connectivity index (χ4n) is 2.93. The molecule has 8 heteroatoms. The van der Waals surface area contributed by atoms with Crippen LogP contribution in [0.2, 0.25) is 0 Å². The molecule has 3 rings (SSSR count). The van der Waals surface area contributed by atoms with Crippen molar-refractivity contribution in [2.75, 3.05) is 24.4 Å². The lowest BCUT2D eigenvalue weighted by Gasteiger charge is -2.28. The van der Waals surface area contributed by atoms with Gasteiger partial charge in [-0.25, -0.2) is 8.42 Å². The van der Waals surface area contributed by atoms with Gasteiger partial charge in [0.15, 0.2) is 11.5 Å². The van der Waals surface area contributed by atoms with Crippen LogP contribution in [0.4, 0.5) is 5.69 Å². The number of hydrogen-bond acceptors (Lipinski definition) is 5. The number of nitrogens with one attached hydrogen (secondary N) is 1. The maximum Gasteiger partial charge on any atom is 0.243 e. The quantitative estimate of drug-likeness (QED) is 0.896. The summed E-state index contributed by atoms with van der Waals surface area (Å²) in [6.07, 6.45) is 0.558. The first-order valence-corrected chi connectivity index (χ1v) is 9.19. The van der Waals surface area contributed by atoms with Crippen molar-refractivity contribution in [2.45, 2.75) is 26.3 Å². The summed E-state index contributed by atoms with van der Waals surface area (Å²) in [5, 5.41) is 2.79. The van der Waals surface area contributed by atoms with Gasteiger partial charge in [-0.15, -0.1) is 0 Å². The number of hydrogen-bond donors (Lipinski definition) is 1. The number of amides is 1. The van der Waals surface area contributed by atoms with Crippen LogP contribution in [0, 0.1) is 5.92 Å². The van der Waals surface area contributed by atoms with Gasteiger partial charge in [-0.05, 0) is 24.5 Å². The molecule has 0 bridgehead atoms. The van der Waals surface area contributed by atoms with Crippen LogP contribution in [0.3, 0.4) is 0 Å². The topological polar surface area (TPSA) is 84.9 Å². The van der Waals surface area contributed by atoms with Crippen molar-refractivity contribution < 1.29 is 22.7 Å². The van der Waals surface area contributed by atoms with Crippen molar-refractivity contribution in [3.05, 3.63) is 18.2 Å². The van der Waals surface area contributed by atoms with E-state index in [1.165, 1.54) is 4.31 Å². The Morgan fingerprint density at radius 2 is 2.00 bits per heavy atom. The Morgan fingerprint density at radius 1 is 1.26 bits per heavy atom. The van der Waals surface area contributed by atoms with Crippen LogP contribution < -0.4 is 14.8 Å². The number of carbonyl (C=O) groups excluding carboxylic acids is 1. The van der Waals surface area contributed by atoms with E-state index in [0.29, 0.717) is 30.2 Å². The van der Waals surface area contributed by atoms with Gasteiger partial charge in [0.25, 0.3) is 0 Å². The molecule has 0 spiro atoms. The Morgan fingerprint density at radius 3 is 2.65 bits per heavy atom. The number of fused-ring (bicyclic) bond motifs is 1. The van der Waals surface area contributed by atoms with Gasteiger partial charge in [0.05, 0.1) is 5.75 Å². The van der Waals surface area contributed by atoms with Crippen molar-refractivity contribution in [3.8, 4) is 11.5 Å². The second kappa shape index (κ2) is 6.01. The van der Waals surface area contributed by atoms with E-state index in [4.69, 9.17) is 9.47 Å². The second-order valence-corrected chi connectivity index (χ2v) is 8.07. The summed E-state index contributed by atoms with van der Waals surface area (Å²) >= 11 is 0. The molecule has 1 aromatic rings. The number of rotatable bonds is 4. The van der Waals surface area contributed by atoms with Crippen molar-refractivity contribution in [2.24, 2.45) is 5.92 Å². The predicted molar refractivity (Wildman–Crippen MR) is 84.9 cm³/mol. The molecular formula is C15H20N2O5S. The smallest absolute Gasteiger partial charge is 0.243 e. The van der Waals surface area contributed by atoms with Gasteiger partial charge in [-0.1, -0.05) is 13.8 Å². The number of carbonyl (C=O) groups is 1. The minimum absolute atomic E-state index is 0.105. The van der Waals surface area contributed by atoms with E-state index in [0.717, 1.165) is 0 Å². The highest BCUT2D eigenvalue weighted by molar-refractivity contribution is 7.89. The minimum atomic E-state index is -3.35. The van der Waals surface area contributed by atoms with Crippen molar-refractivity contribution in [1.82, 2.24) is 4.31 Å². The van der Waals surface area contributed by atoms with E-state index in [1.54, 1.807) is 18.2 Å². The second-order valence-electron chi connectivity index (χ2n) is 6.03. The maximum atomic E-state index is 12.6. The molecule has 1 aromatic carbocycles. The molecule has 0 radical (unpaired) electrons. The highest BCUT2D eigenvalue weighted by atomic mass is 32.2. The van der Waals surface area contributed by atoms with Crippen molar-refractivity contribution >= 4 is 21.6 Å².